The molecule has 10 heteroatoms. The van der Waals surface area contributed by atoms with Gasteiger partial charge in [0.15, 0.2) is 11.7 Å². The maximum atomic E-state index is 13.3. The van der Waals surface area contributed by atoms with E-state index in [0.29, 0.717) is 22.7 Å². The minimum Gasteiger partial charge on any atom is -0.497 e. The molecule has 9 nitrogen and oxygen atoms in total. The average Bonchev–Trinajstić information content (AvgIpc) is 3.07. The topological polar surface area (TPSA) is 94.6 Å². The summed E-state index contributed by atoms with van der Waals surface area (Å²) in [4.78, 5) is 39.3. The molecule has 0 atom stereocenters. The zero-order valence-electron chi connectivity index (χ0n) is 18.3. The fraction of sp³-hybridized carbons (Fsp3) is 0.217. The molecule has 0 unspecified atom stereocenters. The summed E-state index contributed by atoms with van der Waals surface area (Å²) in [5.41, 5.74) is 1.41. The minimum absolute atomic E-state index is 0.153. The second kappa shape index (κ2) is 10.6. The predicted molar refractivity (Wildman–Crippen MR) is 124 cm³/mol. The zero-order chi connectivity index (χ0) is 24.0. The molecule has 33 heavy (non-hydrogen) atoms. The van der Waals surface area contributed by atoms with Gasteiger partial charge in [0.2, 0.25) is 0 Å². The Morgan fingerprint density at radius 1 is 0.909 bits per heavy atom. The fourth-order valence-corrected chi connectivity index (χ4v) is 3.36. The van der Waals surface area contributed by atoms with Gasteiger partial charge < -0.3 is 23.8 Å². The van der Waals surface area contributed by atoms with Crippen LogP contribution in [0.25, 0.3) is 6.08 Å². The molecule has 1 fully saturated rings. The van der Waals surface area contributed by atoms with Crippen LogP contribution in [0.1, 0.15) is 5.56 Å². The van der Waals surface area contributed by atoms with Crippen LogP contribution in [-0.4, -0.2) is 62.3 Å². The monoisotopic (exact) mass is 470 g/mol. The Bertz CT molecular complexity index is 1080. The Morgan fingerprint density at radius 2 is 1.52 bits per heavy atom. The Kier molecular flexibility index (Phi) is 7.62. The van der Waals surface area contributed by atoms with Gasteiger partial charge in [-0.15, -0.1) is 0 Å². The largest absolute Gasteiger partial charge is 0.497 e. The van der Waals surface area contributed by atoms with Crippen LogP contribution in [0.15, 0.2) is 54.2 Å². The number of amides is 1. The molecule has 0 bridgehead atoms. The fourth-order valence-electron chi connectivity index (χ4n) is 3.01. The van der Waals surface area contributed by atoms with E-state index in [9.17, 15) is 14.4 Å². The van der Waals surface area contributed by atoms with Gasteiger partial charge in [0.25, 0.3) is 5.91 Å². The molecule has 1 heterocycles. The summed E-state index contributed by atoms with van der Waals surface area (Å²) in [7, 11) is 4.09. The van der Waals surface area contributed by atoms with Gasteiger partial charge in [0.05, 0.1) is 27.0 Å². The van der Waals surface area contributed by atoms with E-state index >= 15 is 0 Å². The highest BCUT2D eigenvalue weighted by Crippen LogP contribution is 2.30. The highest BCUT2D eigenvalue weighted by molar-refractivity contribution is 7.80. The molecule has 2 aromatic rings. The number of benzene rings is 2. The van der Waals surface area contributed by atoms with Crippen molar-refractivity contribution in [2.75, 3.05) is 39.4 Å². The van der Waals surface area contributed by atoms with E-state index in [1.807, 2.05) is 0 Å². The third kappa shape index (κ3) is 5.47. The maximum Gasteiger partial charge on any atom is 0.343 e. The number of esters is 2. The number of ether oxygens (including phenoxy) is 4. The predicted octanol–water partition coefficient (Wildman–Crippen LogP) is 2.39. The number of nitrogens with zero attached hydrogens (tertiary/aromatic N) is 2. The number of methoxy groups -OCH3 is 3. The lowest BCUT2D eigenvalue weighted by atomic mass is 10.1. The molecule has 3 rings (SSSR count). The van der Waals surface area contributed by atoms with E-state index in [1.54, 1.807) is 61.7 Å². The van der Waals surface area contributed by atoms with E-state index in [-0.39, 0.29) is 29.9 Å². The highest BCUT2D eigenvalue weighted by atomic mass is 32.1. The van der Waals surface area contributed by atoms with Crippen molar-refractivity contribution < 1.29 is 33.3 Å². The van der Waals surface area contributed by atoms with Crippen molar-refractivity contribution in [1.29, 1.82) is 0 Å². The van der Waals surface area contributed by atoms with Crippen molar-refractivity contribution >= 4 is 46.9 Å². The van der Waals surface area contributed by atoms with E-state index in [0.717, 1.165) is 0 Å². The van der Waals surface area contributed by atoms with Crippen molar-refractivity contribution in [2.45, 2.75) is 0 Å². The summed E-state index contributed by atoms with van der Waals surface area (Å²) < 4.78 is 19.8. The molecule has 0 aliphatic carbocycles. The third-order valence-corrected chi connectivity index (χ3v) is 5.15. The number of carbonyl (C=O) groups excluding carboxylic acids is 3. The molecule has 0 aromatic heterocycles. The highest BCUT2D eigenvalue weighted by Gasteiger charge is 2.40. The van der Waals surface area contributed by atoms with Crippen LogP contribution in [0.4, 0.5) is 5.69 Å². The molecule has 0 saturated carbocycles. The number of carbonyl (C=O) groups is 3. The first kappa shape index (κ1) is 23.7. The third-order valence-electron chi connectivity index (χ3n) is 4.75. The molecule has 172 valence electrons. The summed E-state index contributed by atoms with van der Waals surface area (Å²) in [6.07, 6.45) is 1.62. The van der Waals surface area contributed by atoms with Crippen LogP contribution in [-0.2, 0) is 23.9 Å². The molecule has 0 spiro atoms. The Morgan fingerprint density at radius 3 is 2.09 bits per heavy atom. The molecule has 0 N–H and O–H groups in total. The molecule has 0 radical (unpaired) electrons. The smallest absolute Gasteiger partial charge is 0.343 e. The van der Waals surface area contributed by atoms with Gasteiger partial charge in [-0.25, -0.2) is 4.79 Å². The first-order valence-corrected chi connectivity index (χ1v) is 10.2. The number of thiocarbonyl (C=S) groups is 1. The summed E-state index contributed by atoms with van der Waals surface area (Å²) >= 11 is 5.52. The Labute approximate surface area is 196 Å². The standard InChI is InChI=1S/C23H22N2O7S/c1-29-17-10-6-16(7-11-17)25-22(28)19(24(23(25)33)13-20(26)30-2)12-15-4-8-18(9-5-15)32-14-21(27)31-3/h4-12H,13-14H2,1-3H3/b19-12-. The van der Waals surface area contributed by atoms with Gasteiger partial charge in [0, 0.05) is 0 Å². The zero-order valence-corrected chi connectivity index (χ0v) is 19.1. The second-order valence-electron chi connectivity index (χ2n) is 6.75. The van der Waals surface area contributed by atoms with Crippen LogP contribution in [0, 0.1) is 0 Å². The van der Waals surface area contributed by atoms with Crippen LogP contribution in [0.3, 0.4) is 0 Å². The van der Waals surface area contributed by atoms with Gasteiger partial charge in [-0.2, -0.15) is 0 Å². The van der Waals surface area contributed by atoms with Crippen LogP contribution < -0.4 is 14.4 Å². The second-order valence-corrected chi connectivity index (χ2v) is 7.11. The SMILES string of the molecule is COC(=O)COc1ccc(/C=C2/C(=O)N(c3ccc(OC)cc3)C(=S)N2CC(=O)OC)cc1. The lowest BCUT2D eigenvalue weighted by Gasteiger charge is -2.19. The number of hydrogen-bond acceptors (Lipinski definition) is 8. The summed E-state index contributed by atoms with van der Waals surface area (Å²) in [5.74, 6) is -0.335. The van der Waals surface area contributed by atoms with E-state index in [1.165, 1.54) is 24.0 Å². The maximum absolute atomic E-state index is 13.3. The van der Waals surface area contributed by atoms with Crippen molar-refractivity contribution in [3.63, 3.8) is 0 Å². The minimum atomic E-state index is -0.542. The average molecular weight is 471 g/mol. The number of hydrogen-bond donors (Lipinski definition) is 0. The van der Waals surface area contributed by atoms with Gasteiger partial charge >= 0.3 is 11.9 Å². The van der Waals surface area contributed by atoms with E-state index < -0.39 is 11.9 Å². The molecular formula is C23H22N2O7S. The summed E-state index contributed by atoms with van der Waals surface area (Å²) in [6, 6.07) is 13.6. The van der Waals surface area contributed by atoms with Crippen molar-refractivity contribution in [1.82, 2.24) is 4.90 Å². The Balaban J connectivity index is 1.90. The van der Waals surface area contributed by atoms with Gasteiger partial charge in [-0.3, -0.25) is 14.5 Å². The molecule has 1 aliphatic rings. The van der Waals surface area contributed by atoms with Crippen LogP contribution in [0.5, 0.6) is 11.5 Å². The molecule has 1 amide bonds. The van der Waals surface area contributed by atoms with Gasteiger partial charge in [-0.1, -0.05) is 12.1 Å². The van der Waals surface area contributed by atoms with Crippen LogP contribution in [0.2, 0.25) is 0 Å². The lowest BCUT2D eigenvalue weighted by molar-refractivity contribution is -0.143. The molecule has 2 aromatic carbocycles. The summed E-state index contributed by atoms with van der Waals surface area (Å²) in [5, 5.41) is 0.153. The van der Waals surface area contributed by atoms with Gasteiger partial charge in [0.1, 0.15) is 23.7 Å². The quantitative estimate of drug-likeness (QED) is 0.327. The van der Waals surface area contributed by atoms with E-state index in [2.05, 4.69) is 4.74 Å². The first-order valence-electron chi connectivity index (χ1n) is 9.76. The first-order chi connectivity index (χ1) is 15.9. The number of anilines is 1. The van der Waals surface area contributed by atoms with Gasteiger partial charge in [-0.05, 0) is 60.3 Å². The lowest BCUT2D eigenvalue weighted by Crippen LogP contribution is -2.35. The Hall–Kier alpha value is -3.92. The molecule has 1 saturated heterocycles. The van der Waals surface area contributed by atoms with Crippen molar-refractivity contribution in [3.05, 3.63) is 59.8 Å². The molecular weight excluding hydrogens is 448 g/mol. The molecule has 1 aliphatic heterocycles. The van der Waals surface area contributed by atoms with E-state index in [4.69, 9.17) is 26.4 Å². The number of rotatable bonds is 8. The van der Waals surface area contributed by atoms with Crippen LogP contribution >= 0.6 is 12.2 Å². The van der Waals surface area contributed by atoms with Crippen molar-refractivity contribution in [2.24, 2.45) is 0 Å². The van der Waals surface area contributed by atoms with Crippen molar-refractivity contribution in [3.8, 4) is 11.5 Å². The summed E-state index contributed by atoms with van der Waals surface area (Å²) in [6.45, 7) is -0.437. The normalized spacial score (nSPS) is 14.5.